The molecule has 2 aromatic carbocycles. The number of urea groups is 1. The molecule has 0 fully saturated rings. The van der Waals surface area contributed by atoms with E-state index < -0.39 is 12.1 Å². The minimum Gasteiger partial charge on any atom is -0.444 e. The van der Waals surface area contributed by atoms with Crippen molar-refractivity contribution in [2.24, 2.45) is 5.92 Å². The van der Waals surface area contributed by atoms with E-state index in [2.05, 4.69) is 26.3 Å². The Morgan fingerprint density at radius 2 is 1.52 bits per heavy atom. The SMILES string of the molecule is C/C=C(/CN(C)C(=O)N[C@@H](CCC)C(=O)N[C@H](CC[C@H](Cc1ccccc1)NC(=O)OCc1cncs1)Cc1ccccc1)NC(=S)C(C)C. The second kappa shape index (κ2) is 21.7. The number of carbonyl (C=O) groups is 3. The van der Waals surface area contributed by atoms with Crippen LogP contribution < -0.4 is 21.3 Å². The van der Waals surface area contributed by atoms with Crippen molar-refractivity contribution >= 4 is 46.6 Å². The Morgan fingerprint density at radius 1 is 0.920 bits per heavy atom. The summed E-state index contributed by atoms with van der Waals surface area (Å²) >= 11 is 6.86. The van der Waals surface area contributed by atoms with Crippen LogP contribution in [0.15, 0.2) is 84.1 Å². The number of carbonyl (C=O) groups excluding carboxylic acids is 3. The third-order valence-corrected chi connectivity index (χ3v) is 9.44. The predicted molar refractivity (Wildman–Crippen MR) is 205 cm³/mol. The molecule has 0 unspecified atom stereocenters. The van der Waals surface area contributed by atoms with Crippen LogP contribution in [0.5, 0.6) is 0 Å². The lowest BCUT2D eigenvalue weighted by atomic mass is 9.95. The predicted octanol–water partition coefficient (Wildman–Crippen LogP) is 6.78. The number of likely N-dealkylation sites (N-methyl/N-ethyl adjacent to an activating group) is 1. The van der Waals surface area contributed by atoms with Gasteiger partial charge in [-0.1, -0.05) is 106 Å². The van der Waals surface area contributed by atoms with Gasteiger partial charge in [0.1, 0.15) is 12.6 Å². The molecule has 0 spiro atoms. The molecule has 3 rings (SSSR count). The van der Waals surface area contributed by atoms with Crippen LogP contribution >= 0.6 is 23.6 Å². The maximum absolute atomic E-state index is 13.8. The Hall–Kier alpha value is -4.29. The van der Waals surface area contributed by atoms with E-state index in [-0.39, 0.29) is 36.5 Å². The van der Waals surface area contributed by atoms with Gasteiger partial charge in [0, 0.05) is 36.9 Å². The summed E-state index contributed by atoms with van der Waals surface area (Å²) in [6.45, 7) is 8.37. The molecule has 4 N–H and O–H groups in total. The van der Waals surface area contributed by atoms with E-state index in [4.69, 9.17) is 17.0 Å². The van der Waals surface area contributed by atoms with Gasteiger partial charge in [-0.05, 0) is 50.2 Å². The molecule has 3 atom stereocenters. The molecule has 4 amide bonds. The molecule has 10 nitrogen and oxygen atoms in total. The molecule has 12 heteroatoms. The molecule has 1 heterocycles. The maximum Gasteiger partial charge on any atom is 0.407 e. The van der Waals surface area contributed by atoms with Crippen molar-refractivity contribution in [3.8, 4) is 0 Å². The van der Waals surface area contributed by atoms with Crippen LogP contribution in [-0.4, -0.2) is 64.6 Å². The Morgan fingerprint density at radius 3 is 2.04 bits per heavy atom. The molecule has 0 aliphatic heterocycles. The molecular formula is C38H52N6O4S2. The van der Waals surface area contributed by atoms with Gasteiger partial charge < -0.3 is 30.9 Å². The first-order valence-corrected chi connectivity index (χ1v) is 18.5. The van der Waals surface area contributed by atoms with Gasteiger partial charge >= 0.3 is 12.1 Å². The van der Waals surface area contributed by atoms with Crippen molar-refractivity contribution in [1.82, 2.24) is 31.2 Å². The molecule has 0 saturated carbocycles. The van der Waals surface area contributed by atoms with Gasteiger partial charge in [-0.2, -0.15) is 0 Å². The molecule has 50 heavy (non-hydrogen) atoms. The van der Waals surface area contributed by atoms with Crippen molar-refractivity contribution in [2.75, 3.05) is 13.6 Å². The third kappa shape index (κ3) is 14.7. The van der Waals surface area contributed by atoms with E-state index in [1.165, 1.54) is 16.2 Å². The molecule has 270 valence electrons. The van der Waals surface area contributed by atoms with Crippen LogP contribution in [0.1, 0.15) is 69.4 Å². The number of nitrogens with zero attached hydrogens (tertiary/aromatic N) is 2. The quantitative estimate of drug-likeness (QED) is 0.101. The number of thiazole rings is 1. The van der Waals surface area contributed by atoms with Crippen molar-refractivity contribution in [2.45, 2.75) is 91.0 Å². The number of hydrogen-bond donors (Lipinski definition) is 4. The summed E-state index contributed by atoms with van der Waals surface area (Å²) in [5.41, 5.74) is 4.68. The smallest absolute Gasteiger partial charge is 0.407 e. The fourth-order valence-electron chi connectivity index (χ4n) is 5.26. The van der Waals surface area contributed by atoms with Gasteiger partial charge in [0.25, 0.3) is 0 Å². The summed E-state index contributed by atoms with van der Waals surface area (Å²) < 4.78 is 5.49. The second-order valence-electron chi connectivity index (χ2n) is 12.7. The van der Waals surface area contributed by atoms with E-state index in [0.29, 0.717) is 50.1 Å². The Labute approximate surface area is 306 Å². The van der Waals surface area contributed by atoms with Crippen molar-refractivity contribution in [3.63, 3.8) is 0 Å². The summed E-state index contributed by atoms with van der Waals surface area (Å²) in [4.78, 5) is 47.1. The number of allylic oxidation sites excluding steroid dienone is 1. The van der Waals surface area contributed by atoms with Gasteiger partial charge in [0.05, 0.1) is 21.9 Å². The molecule has 0 aliphatic rings. The zero-order valence-corrected chi connectivity index (χ0v) is 31.4. The van der Waals surface area contributed by atoms with Gasteiger partial charge in [-0.15, -0.1) is 11.3 Å². The van der Waals surface area contributed by atoms with Crippen LogP contribution in [0.2, 0.25) is 0 Å². The molecular weight excluding hydrogens is 669 g/mol. The van der Waals surface area contributed by atoms with Gasteiger partial charge in [0.2, 0.25) is 5.91 Å². The summed E-state index contributed by atoms with van der Waals surface area (Å²) in [6.07, 6.45) is 6.65. The topological polar surface area (TPSA) is 125 Å². The zero-order chi connectivity index (χ0) is 36.3. The lowest BCUT2D eigenvalue weighted by molar-refractivity contribution is -0.123. The number of nitrogens with one attached hydrogen (secondary N) is 4. The van der Waals surface area contributed by atoms with Gasteiger partial charge in [0.15, 0.2) is 0 Å². The number of amides is 4. The van der Waals surface area contributed by atoms with Gasteiger partial charge in [-0.3, -0.25) is 9.78 Å². The largest absolute Gasteiger partial charge is 0.444 e. The lowest BCUT2D eigenvalue weighted by Crippen LogP contribution is -2.53. The molecule has 3 aromatic rings. The average Bonchev–Trinajstić information content (AvgIpc) is 3.63. The minimum absolute atomic E-state index is 0.152. The van der Waals surface area contributed by atoms with E-state index >= 15 is 0 Å². The second-order valence-corrected chi connectivity index (χ2v) is 14.1. The maximum atomic E-state index is 13.8. The summed E-state index contributed by atoms with van der Waals surface area (Å²) in [5.74, 6) is -0.0654. The first-order valence-electron chi connectivity index (χ1n) is 17.2. The number of rotatable bonds is 19. The number of aromatic nitrogens is 1. The minimum atomic E-state index is -0.716. The van der Waals surface area contributed by atoms with E-state index in [0.717, 1.165) is 21.7 Å². The summed E-state index contributed by atoms with van der Waals surface area (Å²) in [6, 6.07) is 18.4. The fourth-order valence-corrected chi connectivity index (χ4v) is 5.90. The molecule has 0 aliphatic carbocycles. The number of benzene rings is 2. The molecule has 0 saturated heterocycles. The van der Waals surface area contributed by atoms with E-state index in [1.807, 2.05) is 94.4 Å². The Balaban J connectivity index is 1.70. The Kier molecular flexibility index (Phi) is 17.4. The van der Waals surface area contributed by atoms with Crippen LogP contribution in [0.25, 0.3) is 0 Å². The first-order chi connectivity index (χ1) is 24.1. The third-order valence-electron chi connectivity index (χ3n) is 8.11. The normalized spacial score (nSPS) is 13.1. The molecule has 1 aromatic heterocycles. The highest BCUT2D eigenvalue weighted by molar-refractivity contribution is 7.80. The molecule has 0 bridgehead atoms. The van der Waals surface area contributed by atoms with Crippen molar-refractivity contribution < 1.29 is 19.1 Å². The van der Waals surface area contributed by atoms with Crippen LogP contribution in [0.3, 0.4) is 0 Å². The van der Waals surface area contributed by atoms with Gasteiger partial charge in [-0.25, -0.2) is 9.59 Å². The Bertz CT molecular complexity index is 1500. The van der Waals surface area contributed by atoms with E-state index in [1.54, 1.807) is 18.8 Å². The number of ether oxygens (including phenoxy) is 1. The van der Waals surface area contributed by atoms with Crippen LogP contribution in [0, 0.1) is 5.92 Å². The van der Waals surface area contributed by atoms with E-state index in [9.17, 15) is 14.4 Å². The first kappa shape index (κ1) is 40.1. The van der Waals surface area contributed by atoms with Crippen molar-refractivity contribution in [3.05, 3.63) is 100 Å². The standard InChI is InChI=1S/C38H52N6O4S2/c1-6-14-34(43-37(46)44(5)24-30(7-2)41-36(49)27(3)4)35(45)40-31(21-28-15-10-8-11-16-28)19-20-32(22-29-17-12-9-13-18-29)42-38(47)48-25-33-23-39-26-50-33/h7-13,15-18,23,26-27,31-32,34H,6,14,19-22,24-25H2,1-5H3,(H,40,45)(H,41,49)(H,42,47)(H,43,46)/b30-7-/t31-,32-,34+/m1/s1. The number of hydrogen-bond acceptors (Lipinski definition) is 7. The lowest BCUT2D eigenvalue weighted by Gasteiger charge is -2.27. The highest BCUT2D eigenvalue weighted by Gasteiger charge is 2.26. The monoisotopic (exact) mass is 720 g/mol. The fraction of sp³-hybridized carbons (Fsp3) is 0.447. The molecule has 0 radical (unpaired) electrons. The summed E-state index contributed by atoms with van der Waals surface area (Å²) in [7, 11) is 1.69. The highest BCUT2D eigenvalue weighted by Crippen LogP contribution is 2.15. The average molecular weight is 721 g/mol. The van der Waals surface area contributed by atoms with Crippen LogP contribution in [-0.2, 0) is 29.0 Å². The number of thiocarbonyl (C=S) groups is 1. The summed E-state index contributed by atoms with van der Waals surface area (Å²) in [5, 5.41) is 12.5. The number of alkyl carbamates (subject to hydrolysis) is 1. The highest BCUT2D eigenvalue weighted by atomic mass is 32.1. The van der Waals surface area contributed by atoms with Crippen LogP contribution in [0.4, 0.5) is 9.59 Å². The van der Waals surface area contributed by atoms with Crippen molar-refractivity contribution in [1.29, 1.82) is 0 Å². The zero-order valence-electron chi connectivity index (χ0n) is 29.8.